The van der Waals surface area contributed by atoms with E-state index in [1.54, 1.807) is 0 Å². The van der Waals surface area contributed by atoms with Gasteiger partial charge in [-0.25, -0.2) is 4.98 Å². The number of nitrogens with one attached hydrogen (secondary N) is 1. The number of piperidine rings is 1. The van der Waals surface area contributed by atoms with Crippen LogP contribution in [0.3, 0.4) is 0 Å². The molecule has 19 heavy (non-hydrogen) atoms. The van der Waals surface area contributed by atoms with Gasteiger partial charge in [0.2, 0.25) is 0 Å². The van der Waals surface area contributed by atoms with Crippen LogP contribution in [0.5, 0.6) is 0 Å². The van der Waals surface area contributed by atoms with Crippen LogP contribution in [0.2, 0.25) is 0 Å². The number of benzene rings is 1. The summed E-state index contributed by atoms with van der Waals surface area (Å²) in [4.78, 5) is 4.47. The first kappa shape index (κ1) is 11.5. The standard InChI is InChI=1S/C16H20N2O/c1-9-13-6-11-7-14-15(19-10(2)18-14)8-12(11)16(9,3)4-5-17-13/h7-9,13,17H,4-6H2,1-3H3/t9?,13-,16-/m1/s1. The second-order valence-electron chi connectivity index (χ2n) is 6.43. The van der Waals surface area contributed by atoms with Gasteiger partial charge in [-0.3, -0.25) is 0 Å². The van der Waals surface area contributed by atoms with Crippen LogP contribution in [0.15, 0.2) is 16.5 Å². The van der Waals surface area contributed by atoms with Crippen LogP contribution in [-0.2, 0) is 11.8 Å². The van der Waals surface area contributed by atoms with Crippen molar-refractivity contribution in [1.82, 2.24) is 10.3 Å². The number of oxazole rings is 1. The fraction of sp³-hybridized carbons (Fsp3) is 0.562. The van der Waals surface area contributed by atoms with Crippen LogP contribution < -0.4 is 5.32 Å². The third kappa shape index (κ3) is 1.45. The maximum atomic E-state index is 5.73. The molecule has 0 spiro atoms. The highest BCUT2D eigenvalue weighted by atomic mass is 16.3. The van der Waals surface area contributed by atoms with E-state index < -0.39 is 0 Å². The van der Waals surface area contributed by atoms with E-state index in [-0.39, 0.29) is 5.41 Å². The number of hydrogen-bond acceptors (Lipinski definition) is 3. The van der Waals surface area contributed by atoms with Crippen molar-refractivity contribution in [2.75, 3.05) is 6.54 Å². The summed E-state index contributed by atoms with van der Waals surface area (Å²) >= 11 is 0. The number of fused-ring (bicyclic) bond motifs is 5. The minimum Gasteiger partial charge on any atom is -0.441 e. The average Bonchev–Trinajstić information content (AvgIpc) is 2.71. The molecule has 0 radical (unpaired) electrons. The Labute approximate surface area is 113 Å². The molecule has 1 aliphatic carbocycles. The maximum absolute atomic E-state index is 5.73. The highest BCUT2D eigenvalue weighted by molar-refractivity contribution is 5.76. The molecule has 1 saturated heterocycles. The molecule has 1 fully saturated rings. The van der Waals surface area contributed by atoms with Crippen LogP contribution in [0.25, 0.3) is 11.1 Å². The molecule has 3 nitrogen and oxygen atoms in total. The molecule has 1 aromatic heterocycles. The van der Waals surface area contributed by atoms with Gasteiger partial charge in [0.05, 0.1) is 0 Å². The molecule has 1 unspecified atom stereocenters. The van der Waals surface area contributed by atoms with Gasteiger partial charge in [0.1, 0.15) is 5.52 Å². The van der Waals surface area contributed by atoms with Gasteiger partial charge in [0.15, 0.2) is 11.5 Å². The van der Waals surface area contributed by atoms with Crippen LogP contribution in [-0.4, -0.2) is 17.6 Å². The van der Waals surface area contributed by atoms with Gasteiger partial charge in [-0.15, -0.1) is 0 Å². The van der Waals surface area contributed by atoms with Crippen molar-refractivity contribution >= 4 is 11.1 Å². The van der Waals surface area contributed by atoms with Gasteiger partial charge in [0, 0.05) is 13.0 Å². The Kier molecular flexibility index (Phi) is 2.17. The molecule has 2 bridgehead atoms. The van der Waals surface area contributed by atoms with E-state index in [1.165, 1.54) is 17.5 Å². The summed E-state index contributed by atoms with van der Waals surface area (Å²) in [5.74, 6) is 1.44. The normalized spacial score (nSPS) is 33.4. The summed E-state index contributed by atoms with van der Waals surface area (Å²) in [5.41, 5.74) is 5.17. The second-order valence-corrected chi connectivity index (χ2v) is 6.43. The number of nitrogens with zero attached hydrogens (tertiary/aromatic N) is 1. The Morgan fingerprint density at radius 1 is 1.42 bits per heavy atom. The van der Waals surface area contributed by atoms with Crippen molar-refractivity contribution in [3.63, 3.8) is 0 Å². The van der Waals surface area contributed by atoms with Gasteiger partial charge in [-0.05, 0) is 54.0 Å². The van der Waals surface area contributed by atoms with Gasteiger partial charge >= 0.3 is 0 Å². The van der Waals surface area contributed by atoms with E-state index in [0.717, 1.165) is 30.0 Å². The van der Waals surface area contributed by atoms with Crippen molar-refractivity contribution in [2.24, 2.45) is 5.92 Å². The van der Waals surface area contributed by atoms with E-state index in [1.807, 2.05) is 6.92 Å². The van der Waals surface area contributed by atoms with Gasteiger partial charge in [-0.1, -0.05) is 13.8 Å². The topological polar surface area (TPSA) is 38.1 Å². The Morgan fingerprint density at radius 2 is 2.26 bits per heavy atom. The van der Waals surface area contributed by atoms with Gasteiger partial charge in [-0.2, -0.15) is 0 Å². The summed E-state index contributed by atoms with van der Waals surface area (Å²) < 4.78 is 5.73. The van der Waals surface area contributed by atoms with E-state index in [0.29, 0.717) is 12.0 Å². The van der Waals surface area contributed by atoms with E-state index in [4.69, 9.17) is 4.42 Å². The Hall–Kier alpha value is -1.35. The molecule has 4 rings (SSSR count). The molecular weight excluding hydrogens is 236 g/mol. The Morgan fingerprint density at radius 3 is 3.11 bits per heavy atom. The van der Waals surface area contributed by atoms with Crippen molar-refractivity contribution in [3.05, 3.63) is 29.2 Å². The molecule has 2 heterocycles. The zero-order valence-corrected chi connectivity index (χ0v) is 11.8. The van der Waals surface area contributed by atoms with Gasteiger partial charge < -0.3 is 9.73 Å². The number of rotatable bonds is 0. The SMILES string of the molecule is Cc1nc2cc3c(cc2o1)[C@]1(C)CCN[C@H](C3)C1C. The van der Waals surface area contributed by atoms with Crippen LogP contribution in [0.1, 0.15) is 37.3 Å². The van der Waals surface area contributed by atoms with E-state index >= 15 is 0 Å². The second kappa shape index (κ2) is 3.60. The molecule has 3 heteroatoms. The lowest BCUT2D eigenvalue weighted by Gasteiger charge is -2.50. The lowest BCUT2D eigenvalue weighted by molar-refractivity contribution is 0.158. The molecule has 1 N–H and O–H groups in total. The lowest BCUT2D eigenvalue weighted by atomic mass is 9.59. The first-order chi connectivity index (χ1) is 9.08. The number of aryl methyl sites for hydroxylation is 1. The smallest absolute Gasteiger partial charge is 0.192 e. The third-order valence-electron chi connectivity index (χ3n) is 5.43. The maximum Gasteiger partial charge on any atom is 0.192 e. The molecular formula is C16H20N2O. The summed E-state index contributed by atoms with van der Waals surface area (Å²) in [6.07, 6.45) is 2.32. The minimum atomic E-state index is 0.276. The molecule has 0 amide bonds. The summed E-state index contributed by atoms with van der Waals surface area (Å²) in [7, 11) is 0. The molecule has 100 valence electrons. The monoisotopic (exact) mass is 256 g/mol. The third-order valence-corrected chi connectivity index (χ3v) is 5.43. The van der Waals surface area contributed by atoms with Crippen molar-refractivity contribution in [1.29, 1.82) is 0 Å². The van der Waals surface area contributed by atoms with Crippen LogP contribution in [0, 0.1) is 12.8 Å². The number of aromatic nitrogens is 1. The summed E-state index contributed by atoms with van der Waals surface area (Å²) in [5, 5.41) is 3.68. The molecule has 2 aliphatic rings. The zero-order valence-electron chi connectivity index (χ0n) is 11.8. The minimum absolute atomic E-state index is 0.276. The average molecular weight is 256 g/mol. The molecule has 1 aromatic carbocycles. The van der Waals surface area contributed by atoms with Crippen LogP contribution >= 0.6 is 0 Å². The number of hydrogen-bond donors (Lipinski definition) is 1. The fourth-order valence-electron chi connectivity index (χ4n) is 4.06. The van der Waals surface area contributed by atoms with Gasteiger partial charge in [0.25, 0.3) is 0 Å². The molecule has 1 aliphatic heterocycles. The Balaban J connectivity index is 1.98. The van der Waals surface area contributed by atoms with E-state index in [9.17, 15) is 0 Å². The summed E-state index contributed by atoms with van der Waals surface area (Å²) in [6.45, 7) is 7.84. The first-order valence-corrected chi connectivity index (χ1v) is 7.22. The van der Waals surface area contributed by atoms with Crippen LogP contribution in [0.4, 0.5) is 0 Å². The molecule has 3 atom stereocenters. The predicted octanol–water partition coefficient (Wildman–Crippen LogP) is 2.95. The first-order valence-electron chi connectivity index (χ1n) is 7.22. The molecule has 2 aromatic rings. The summed E-state index contributed by atoms with van der Waals surface area (Å²) in [6, 6.07) is 5.10. The van der Waals surface area contributed by atoms with Crippen molar-refractivity contribution in [3.8, 4) is 0 Å². The molecule has 0 saturated carbocycles. The highest BCUT2D eigenvalue weighted by Gasteiger charge is 2.45. The van der Waals surface area contributed by atoms with E-state index in [2.05, 4.69) is 36.3 Å². The van der Waals surface area contributed by atoms with Crippen molar-refractivity contribution < 1.29 is 4.42 Å². The highest BCUT2D eigenvalue weighted by Crippen LogP contribution is 2.46. The lowest BCUT2D eigenvalue weighted by Crippen LogP contribution is -2.56. The largest absolute Gasteiger partial charge is 0.441 e. The van der Waals surface area contributed by atoms with Crippen molar-refractivity contribution in [2.45, 2.75) is 45.1 Å². The zero-order chi connectivity index (χ0) is 13.2. The predicted molar refractivity (Wildman–Crippen MR) is 75.4 cm³/mol. The Bertz CT molecular complexity index is 660. The fourth-order valence-corrected chi connectivity index (χ4v) is 4.06. The quantitative estimate of drug-likeness (QED) is 0.787.